The van der Waals surface area contributed by atoms with Crippen LogP contribution in [0.25, 0.3) is 5.82 Å². The maximum atomic E-state index is 12.5. The standard InChI is InChI=1S/C16H18N8O/c1-12-5-6-24(20-12)15-4-3-14(18-19-15)22-7-8-23(16(25)11-22)13-9-17-21(2)10-13/h3-6,9-10H,7-8,11H2,1-2H3. The first kappa shape index (κ1) is 15.3. The number of hydrogen-bond acceptors (Lipinski definition) is 6. The van der Waals surface area contributed by atoms with Gasteiger partial charge in [0.25, 0.3) is 0 Å². The summed E-state index contributed by atoms with van der Waals surface area (Å²) in [5.41, 5.74) is 1.74. The molecule has 3 aromatic heterocycles. The Hall–Kier alpha value is -3.23. The molecule has 0 aliphatic carbocycles. The molecule has 9 heteroatoms. The summed E-state index contributed by atoms with van der Waals surface area (Å²) >= 11 is 0. The van der Waals surface area contributed by atoms with Crippen LogP contribution in [-0.4, -0.2) is 55.3 Å². The molecule has 0 unspecified atom stereocenters. The average molecular weight is 338 g/mol. The van der Waals surface area contributed by atoms with Gasteiger partial charge in [-0.1, -0.05) is 0 Å². The fourth-order valence-electron chi connectivity index (χ4n) is 2.84. The van der Waals surface area contributed by atoms with Crippen LogP contribution in [0, 0.1) is 6.92 Å². The lowest BCUT2D eigenvalue weighted by atomic mass is 10.3. The molecular formula is C16H18N8O. The quantitative estimate of drug-likeness (QED) is 0.694. The van der Waals surface area contributed by atoms with Crippen molar-refractivity contribution in [3.8, 4) is 5.82 Å². The van der Waals surface area contributed by atoms with Crippen molar-refractivity contribution in [2.75, 3.05) is 29.4 Å². The van der Waals surface area contributed by atoms with E-state index in [0.29, 0.717) is 24.7 Å². The van der Waals surface area contributed by atoms with Crippen LogP contribution in [0.2, 0.25) is 0 Å². The van der Waals surface area contributed by atoms with Crippen molar-refractivity contribution >= 4 is 17.4 Å². The van der Waals surface area contributed by atoms with Gasteiger partial charge in [0, 0.05) is 32.5 Å². The Labute approximate surface area is 144 Å². The van der Waals surface area contributed by atoms with E-state index in [1.54, 1.807) is 20.5 Å². The summed E-state index contributed by atoms with van der Waals surface area (Å²) < 4.78 is 3.37. The predicted octanol–water partition coefficient (Wildman–Crippen LogP) is 0.557. The second kappa shape index (κ2) is 6.00. The van der Waals surface area contributed by atoms with Crippen LogP contribution in [0.5, 0.6) is 0 Å². The van der Waals surface area contributed by atoms with Crippen molar-refractivity contribution in [3.63, 3.8) is 0 Å². The Kier molecular flexibility index (Phi) is 3.68. The molecule has 0 saturated carbocycles. The third-order valence-corrected chi connectivity index (χ3v) is 4.14. The monoisotopic (exact) mass is 338 g/mol. The van der Waals surface area contributed by atoms with Gasteiger partial charge in [-0.25, -0.2) is 4.68 Å². The number of anilines is 2. The fraction of sp³-hybridized carbons (Fsp3) is 0.312. The summed E-state index contributed by atoms with van der Waals surface area (Å²) in [6.45, 7) is 3.47. The molecule has 0 N–H and O–H groups in total. The van der Waals surface area contributed by atoms with E-state index >= 15 is 0 Å². The third kappa shape index (κ3) is 2.95. The molecule has 3 aromatic rings. The van der Waals surface area contributed by atoms with Crippen molar-refractivity contribution in [2.45, 2.75) is 6.92 Å². The molecule has 25 heavy (non-hydrogen) atoms. The highest BCUT2D eigenvalue weighted by atomic mass is 16.2. The summed E-state index contributed by atoms with van der Waals surface area (Å²) in [7, 11) is 1.84. The Balaban J connectivity index is 1.47. The zero-order valence-electron chi connectivity index (χ0n) is 14.1. The molecular weight excluding hydrogens is 320 g/mol. The summed E-state index contributed by atoms with van der Waals surface area (Å²) in [4.78, 5) is 16.1. The van der Waals surface area contributed by atoms with Crippen molar-refractivity contribution in [1.29, 1.82) is 0 Å². The molecule has 1 saturated heterocycles. The lowest BCUT2D eigenvalue weighted by molar-refractivity contribution is -0.117. The highest BCUT2D eigenvalue weighted by Crippen LogP contribution is 2.19. The number of carbonyl (C=O) groups excluding carboxylic acids is 1. The normalized spacial score (nSPS) is 15.0. The van der Waals surface area contributed by atoms with Gasteiger partial charge >= 0.3 is 0 Å². The van der Waals surface area contributed by atoms with E-state index < -0.39 is 0 Å². The summed E-state index contributed by atoms with van der Waals surface area (Å²) in [5.74, 6) is 1.36. The van der Waals surface area contributed by atoms with Crippen molar-refractivity contribution in [3.05, 3.63) is 42.5 Å². The molecule has 4 heterocycles. The maximum absolute atomic E-state index is 12.5. The van der Waals surface area contributed by atoms with Gasteiger partial charge < -0.3 is 9.80 Å². The average Bonchev–Trinajstić information content (AvgIpc) is 3.23. The molecule has 1 aliphatic heterocycles. The Bertz CT molecular complexity index is 897. The molecule has 128 valence electrons. The Morgan fingerprint density at radius 2 is 1.88 bits per heavy atom. The molecule has 9 nitrogen and oxygen atoms in total. The van der Waals surface area contributed by atoms with Crippen molar-refractivity contribution < 1.29 is 4.79 Å². The Morgan fingerprint density at radius 1 is 1.08 bits per heavy atom. The van der Waals surface area contributed by atoms with Gasteiger partial charge in [0.05, 0.1) is 24.1 Å². The lowest BCUT2D eigenvalue weighted by Gasteiger charge is -2.33. The largest absolute Gasteiger partial charge is 0.344 e. The first-order valence-corrected chi connectivity index (χ1v) is 8.00. The van der Waals surface area contributed by atoms with Crippen molar-refractivity contribution in [1.82, 2.24) is 29.8 Å². The lowest BCUT2D eigenvalue weighted by Crippen LogP contribution is -2.50. The van der Waals surface area contributed by atoms with Crippen LogP contribution < -0.4 is 9.80 Å². The molecule has 0 atom stereocenters. The van der Waals surface area contributed by atoms with Gasteiger partial charge in [-0.3, -0.25) is 9.48 Å². The van der Waals surface area contributed by atoms with E-state index in [-0.39, 0.29) is 12.5 Å². The molecule has 1 fully saturated rings. The van der Waals surface area contributed by atoms with Crippen molar-refractivity contribution in [2.24, 2.45) is 7.05 Å². The van der Waals surface area contributed by atoms with E-state index in [1.165, 1.54) is 0 Å². The molecule has 1 aliphatic rings. The van der Waals surface area contributed by atoms with Crippen LogP contribution >= 0.6 is 0 Å². The smallest absolute Gasteiger partial charge is 0.246 e. The molecule has 1 amide bonds. The zero-order valence-corrected chi connectivity index (χ0v) is 14.1. The number of aromatic nitrogens is 6. The van der Waals surface area contributed by atoms with Crippen LogP contribution in [0.15, 0.2) is 36.8 Å². The van der Waals surface area contributed by atoms with Gasteiger partial charge in [-0.15, -0.1) is 10.2 Å². The van der Waals surface area contributed by atoms with Gasteiger partial charge in [-0.05, 0) is 25.1 Å². The fourth-order valence-corrected chi connectivity index (χ4v) is 2.84. The van der Waals surface area contributed by atoms with E-state index in [4.69, 9.17) is 0 Å². The SMILES string of the molecule is Cc1ccn(-c2ccc(N3CCN(c4cnn(C)c4)C(=O)C3)nn2)n1. The minimum Gasteiger partial charge on any atom is -0.344 e. The Morgan fingerprint density at radius 3 is 2.48 bits per heavy atom. The van der Waals surface area contributed by atoms with Crippen LogP contribution in [0.1, 0.15) is 5.69 Å². The third-order valence-electron chi connectivity index (χ3n) is 4.14. The van der Waals surface area contributed by atoms with Crippen LogP contribution in [-0.2, 0) is 11.8 Å². The molecule has 4 rings (SSSR count). The minimum absolute atomic E-state index is 0.0211. The predicted molar refractivity (Wildman–Crippen MR) is 91.7 cm³/mol. The molecule has 0 aromatic carbocycles. The number of amides is 1. The number of carbonyl (C=O) groups is 1. The van der Waals surface area contributed by atoms with E-state index in [9.17, 15) is 4.79 Å². The molecule has 0 bridgehead atoms. The van der Waals surface area contributed by atoms with Crippen LogP contribution in [0.3, 0.4) is 0 Å². The van der Waals surface area contributed by atoms with Gasteiger partial charge in [0.2, 0.25) is 5.91 Å². The van der Waals surface area contributed by atoms with E-state index in [2.05, 4.69) is 20.4 Å². The first-order valence-electron chi connectivity index (χ1n) is 8.00. The second-order valence-electron chi connectivity index (χ2n) is 5.99. The number of hydrogen-bond donors (Lipinski definition) is 0. The number of nitrogens with zero attached hydrogens (tertiary/aromatic N) is 8. The molecule has 0 spiro atoms. The van der Waals surface area contributed by atoms with E-state index in [1.807, 2.05) is 49.5 Å². The van der Waals surface area contributed by atoms with Gasteiger partial charge in [-0.2, -0.15) is 10.2 Å². The first-order chi connectivity index (χ1) is 12.1. The second-order valence-corrected chi connectivity index (χ2v) is 5.99. The zero-order chi connectivity index (χ0) is 17.4. The highest BCUT2D eigenvalue weighted by Gasteiger charge is 2.26. The minimum atomic E-state index is 0.0211. The number of aryl methyl sites for hydroxylation is 2. The van der Waals surface area contributed by atoms with Gasteiger partial charge in [0.1, 0.15) is 0 Å². The number of piperazine rings is 1. The summed E-state index contributed by atoms with van der Waals surface area (Å²) in [6.07, 6.45) is 5.39. The topological polar surface area (TPSA) is 85.0 Å². The van der Waals surface area contributed by atoms with E-state index in [0.717, 1.165) is 11.4 Å². The summed E-state index contributed by atoms with van der Waals surface area (Å²) in [6, 6.07) is 5.63. The number of rotatable bonds is 3. The van der Waals surface area contributed by atoms with Gasteiger partial charge in [0.15, 0.2) is 11.6 Å². The maximum Gasteiger partial charge on any atom is 0.246 e. The summed E-state index contributed by atoms with van der Waals surface area (Å²) in [5, 5.41) is 16.9. The highest BCUT2D eigenvalue weighted by molar-refractivity contribution is 5.97. The van der Waals surface area contributed by atoms with Crippen LogP contribution in [0.4, 0.5) is 11.5 Å². The molecule has 0 radical (unpaired) electrons.